The van der Waals surface area contributed by atoms with Gasteiger partial charge in [-0.25, -0.2) is 0 Å². The van der Waals surface area contributed by atoms with E-state index in [0.29, 0.717) is 25.1 Å². The standard InChI is InChI=1S/C18H33NO4/c1-6-19(16(21)13(2)20)11-15-12-22-18(23-15)9-7-14(8-10-18)17(3,4)5/h14-15,20-21H,6-12H2,1-5H3/b16-13+. The normalized spacial score (nSPS) is 32.9. The molecule has 2 fully saturated rings. The van der Waals surface area contributed by atoms with Crippen LogP contribution in [0.3, 0.4) is 0 Å². The van der Waals surface area contributed by atoms with Crippen molar-refractivity contribution in [2.45, 2.75) is 72.2 Å². The van der Waals surface area contributed by atoms with E-state index in [1.54, 1.807) is 4.90 Å². The summed E-state index contributed by atoms with van der Waals surface area (Å²) in [5.74, 6) is 0.148. The Bertz CT molecular complexity index is 429. The minimum absolute atomic E-state index is 0.0637. The van der Waals surface area contributed by atoms with Gasteiger partial charge in [0.1, 0.15) is 11.9 Å². The average Bonchev–Trinajstić information content (AvgIpc) is 2.86. The van der Waals surface area contributed by atoms with Gasteiger partial charge in [0.25, 0.3) is 0 Å². The van der Waals surface area contributed by atoms with Gasteiger partial charge in [-0.3, -0.25) is 0 Å². The predicted molar refractivity (Wildman–Crippen MR) is 90.2 cm³/mol. The van der Waals surface area contributed by atoms with Gasteiger partial charge in [0.05, 0.1) is 6.61 Å². The summed E-state index contributed by atoms with van der Waals surface area (Å²) < 4.78 is 12.3. The van der Waals surface area contributed by atoms with E-state index in [1.807, 2.05) is 6.92 Å². The summed E-state index contributed by atoms with van der Waals surface area (Å²) in [5.41, 5.74) is 0.341. The van der Waals surface area contributed by atoms with Crippen LogP contribution in [-0.2, 0) is 9.47 Å². The van der Waals surface area contributed by atoms with Crippen LogP contribution in [0, 0.1) is 11.3 Å². The topological polar surface area (TPSA) is 62.2 Å². The van der Waals surface area contributed by atoms with Crippen LogP contribution < -0.4 is 0 Å². The molecule has 5 heteroatoms. The van der Waals surface area contributed by atoms with E-state index in [1.165, 1.54) is 6.92 Å². The van der Waals surface area contributed by atoms with Crippen molar-refractivity contribution >= 4 is 0 Å². The zero-order chi connectivity index (χ0) is 17.3. The summed E-state index contributed by atoms with van der Waals surface area (Å²) in [6.07, 6.45) is 4.09. The van der Waals surface area contributed by atoms with Crippen LogP contribution in [0.1, 0.15) is 60.3 Å². The van der Waals surface area contributed by atoms with Crippen molar-refractivity contribution in [2.24, 2.45) is 11.3 Å². The monoisotopic (exact) mass is 327 g/mol. The Morgan fingerprint density at radius 3 is 2.30 bits per heavy atom. The van der Waals surface area contributed by atoms with Crippen LogP contribution in [0.2, 0.25) is 0 Å². The summed E-state index contributed by atoms with van der Waals surface area (Å²) >= 11 is 0. The maximum atomic E-state index is 9.93. The average molecular weight is 327 g/mol. The SMILES string of the molecule is CCN(CC1COC2(CCC(C(C)(C)C)CC2)O1)/C(O)=C(/C)O. The van der Waals surface area contributed by atoms with Gasteiger partial charge in [0, 0.05) is 25.9 Å². The third-order valence-electron chi connectivity index (χ3n) is 5.31. The molecule has 23 heavy (non-hydrogen) atoms. The molecule has 0 radical (unpaired) electrons. The molecule has 2 rings (SSSR count). The van der Waals surface area contributed by atoms with Crippen molar-refractivity contribution in [3.05, 3.63) is 11.6 Å². The number of hydrogen-bond acceptors (Lipinski definition) is 5. The summed E-state index contributed by atoms with van der Waals surface area (Å²) in [5, 5.41) is 19.4. The number of hydrogen-bond donors (Lipinski definition) is 2. The Morgan fingerprint density at radius 2 is 1.83 bits per heavy atom. The van der Waals surface area contributed by atoms with Gasteiger partial charge in [0.2, 0.25) is 5.88 Å². The number of rotatable bonds is 4. The van der Waals surface area contributed by atoms with E-state index in [4.69, 9.17) is 9.47 Å². The van der Waals surface area contributed by atoms with Gasteiger partial charge < -0.3 is 24.6 Å². The molecule has 0 aromatic rings. The second-order valence-corrected chi connectivity index (χ2v) is 8.05. The largest absolute Gasteiger partial charge is 0.507 e. The molecule has 1 aliphatic heterocycles. The Morgan fingerprint density at radius 1 is 1.22 bits per heavy atom. The second kappa shape index (κ2) is 6.89. The number of allylic oxidation sites excluding steroid dienone is 1. The predicted octanol–water partition coefficient (Wildman–Crippen LogP) is 3.96. The van der Waals surface area contributed by atoms with Gasteiger partial charge in [-0.05, 0) is 38.0 Å². The minimum atomic E-state index is -0.431. The molecule has 1 saturated carbocycles. The lowest BCUT2D eigenvalue weighted by molar-refractivity contribution is -0.197. The van der Waals surface area contributed by atoms with Crippen LogP contribution in [0.5, 0.6) is 0 Å². The maximum Gasteiger partial charge on any atom is 0.225 e. The maximum absolute atomic E-state index is 9.93. The van der Waals surface area contributed by atoms with Crippen LogP contribution >= 0.6 is 0 Å². The van der Waals surface area contributed by atoms with Crippen molar-refractivity contribution in [3.63, 3.8) is 0 Å². The first-order valence-electron chi connectivity index (χ1n) is 8.82. The van der Waals surface area contributed by atoms with Crippen LogP contribution in [0.25, 0.3) is 0 Å². The van der Waals surface area contributed by atoms with E-state index < -0.39 is 5.79 Å². The van der Waals surface area contributed by atoms with E-state index in [-0.39, 0.29) is 17.7 Å². The van der Waals surface area contributed by atoms with Gasteiger partial charge in [-0.2, -0.15) is 0 Å². The fourth-order valence-corrected chi connectivity index (χ4v) is 3.73. The van der Waals surface area contributed by atoms with Crippen molar-refractivity contribution in [1.29, 1.82) is 0 Å². The lowest BCUT2D eigenvalue weighted by Crippen LogP contribution is -2.40. The van der Waals surface area contributed by atoms with Crippen LogP contribution in [0.15, 0.2) is 11.6 Å². The third kappa shape index (κ3) is 4.32. The first-order chi connectivity index (χ1) is 10.7. The van der Waals surface area contributed by atoms with Crippen LogP contribution in [0.4, 0.5) is 0 Å². The molecule has 134 valence electrons. The minimum Gasteiger partial charge on any atom is -0.507 e. The number of aliphatic hydroxyl groups excluding tert-OH is 2. The summed E-state index contributed by atoms with van der Waals surface area (Å²) in [4.78, 5) is 1.73. The van der Waals surface area contributed by atoms with Crippen molar-refractivity contribution < 1.29 is 19.7 Å². The molecule has 0 aromatic carbocycles. The fraction of sp³-hybridized carbons (Fsp3) is 0.889. The Hall–Kier alpha value is -0.940. The van der Waals surface area contributed by atoms with Gasteiger partial charge in [-0.1, -0.05) is 20.8 Å². The molecule has 1 spiro atoms. The molecule has 0 aromatic heterocycles. The molecule has 1 unspecified atom stereocenters. The number of likely N-dealkylation sites (N-methyl/N-ethyl adjacent to an activating group) is 1. The first-order valence-corrected chi connectivity index (χ1v) is 8.82. The quantitative estimate of drug-likeness (QED) is 0.765. The lowest BCUT2D eigenvalue weighted by Gasteiger charge is -2.41. The zero-order valence-corrected chi connectivity index (χ0v) is 15.3. The van der Waals surface area contributed by atoms with E-state index >= 15 is 0 Å². The Balaban J connectivity index is 1.91. The van der Waals surface area contributed by atoms with Crippen molar-refractivity contribution in [1.82, 2.24) is 4.90 Å². The summed E-state index contributed by atoms with van der Waals surface area (Å²) in [7, 11) is 0. The Kier molecular flexibility index (Phi) is 5.52. The number of ether oxygens (including phenoxy) is 2. The van der Waals surface area contributed by atoms with Crippen molar-refractivity contribution in [3.8, 4) is 0 Å². The van der Waals surface area contributed by atoms with Crippen LogP contribution in [-0.4, -0.2) is 46.7 Å². The van der Waals surface area contributed by atoms with Gasteiger partial charge in [-0.15, -0.1) is 0 Å². The summed E-state index contributed by atoms with van der Waals surface area (Å²) in [6.45, 7) is 12.0. The molecule has 1 heterocycles. The second-order valence-electron chi connectivity index (χ2n) is 8.05. The highest BCUT2D eigenvalue weighted by Gasteiger charge is 2.46. The molecule has 1 saturated heterocycles. The molecule has 0 bridgehead atoms. The summed E-state index contributed by atoms with van der Waals surface area (Å²) in [6, 6.07) is 0. The highest BCUT2D eigenvalue weighted by molar-refractivity contribution is 4.96. The molecular weight excluding hydrogens is 294 g/mol. The number of aliphatic hydroxyl groups is 2. The number of nitrogens with zero attached hydrogens (tertiary/aromatic N) is 1. The Labute approximate surface area is 140 Å². The highest BCUT2D eigenvalue weighted by atomic mass is 16.7. The zero-order valence-electron chi connectivity index (χ0n) is 15.3. The van der Waals surface area contributed by atoms with E-state index in [9.17, 15) is 10.2 Å². The molecular formula is C18H33NO4. The first kappa shape index (κ1) is 18.4. The van der Waals surface area contributed by atoms with E-state index in [2.05, 4.69) is 20.8 Å². The molecule has 5 nitrogen and oxygen atoms in total. The van der Waals surface area contributed by atoms with Crippen molar-refractivity contribution in [2.75, 3.05) is 19.7 Å². The highest BCUT2D eigenvalue weighted by Crippen LogP contribution is 2.45. The third-order valence-corrected chi connectivity index (χ3v) is 5.31. The molecule has 0 amide bonds. The molecule has 1 aliphatic carbocycles. The van der Waals surface area contributed by atoms with Gasteiger partial charge in [0.15, 0.2) is 5.79 Å². The molecule has 2 aliphatic rings. The van der Waals surface area contributed by atoms with E-state index in [0.717, 1.165) is 31.6 Å². The molecule has 2 N–H and O–H groups in total. The van der Waals surface area contributed by atoms with Gasteiger partial charge >= 0.3 is 0 Å². The fourth-order valence-electron chi connectivity index (χ4n) is 3.73. The molecule has 1 atom stereocenters. The smallest absolute Gasteiger partial charge is 0.225 e. The lowest BCUT2D eigenvalue weighted by atomic mass is 9.71.